The highest BCUT2D eigenvalue weighted by Gasteiger charge is 2.46. The second-order valence-corrected chi connectivity index (χ2v) is 11.3. The molecule has 0 saturated carbocycles. The van der Waals surface area contributed by atoms with Gasteiger partial charge in [0.05, 0.1) is 16.8 Å². The number of anilines is 2. The number of piperidine rings is 1. The number of halogens is 1. The van der Waals surface area contributed by atoms with Crippen LogP contribution in [0.3, 0.4) is 0 Å². The average Bonchev–Trinajstić information content (AvgIpc) is 3.54. The fraction of sp³-hybridized carbons (Fsp3) is 0.286. The Morgan fingerprint density at radius 1 is 1.16 bits per heavy atom. The number of carbonyl (C=O) groups is 1. The number of nitrogens with two attached hydrogens (primary N) is 2. The maximum Gasteiger partial charge on any atom is 0.227 e. The maximum absolute atomic E-state index is 12.7. The molecule has 2 aliphatic rings. The lowest BCUT2D eigenvalue weighted by Crippen LogP contribution is -2.45. The molecule has 0 bridgehead atoms. The molecule has 1 aliphatic carbocycles. The molecule has 1 atom stereocenters. The fourth-order valence-electron chi connectivity index (χ4n) is 5.64. The maximum atomic E-state index is 12.7. The molecule has 8 nitrogen and oxygen atoms in total. The van der Waals surface area contributed by atoms with Gasteiger partial charge in [0.15, 0.2) is 17.4 Å². The zero-order valence-corrected chi connectivity index (χ0v) is 22.4. The molecule has 4 aromatic rings. The minimum atomic E-state index is -0.167. The van der Waals surface area contributed by atoms with Crippen LogP contribution in [0, 0.1) is 5.41 Å². The molecular formula is C28H27ClN6O2S. The van der Waals surface area contributed by atoms with E-state index in [1.807, 2.05) is 18.2 Å². The third-order valence-electron chi connectivity index (χ3n) is 7.69. The molecule has 0 amide bonds. The molecule has 1 spiro atoms. The number of hydrogen-bond acceptors (Lipinski definition) is 9. The van der Waals surface area contributed by atoms with Crippen LogP contribution < -0.4 is 16.4 Å². The Hall–Kier alpha value is -3.40. The number of aromatic nitrogens is 3. The molecule has 1 aliphatic heterocycles. The Kier molecular flexibility index (Phi) is 6.37. The van der Waals surface area contributed by atoms with Crippen LogP contribution in [0.25, 0.3) is 11.5 Å². The van der Waals surface area contributed by atoms with Gasteiger partial charge in [0, 0.05) is 31.0 Å². The van der Waals surface area contributed by atoms with Crippen LogP contribution >= 0.6 is 23.4 Å². The zero-order chi connectivity index (χ0) is 26.4. The topological polar surface area (TPSA) is 124 Å². The Balaban J connectivity index is 1.26. The minimum absolute atomic E-state index is 0.0138. The van der Waals surface area contributed by atoms with Crippen LogP contribution in [0.2, 0.25) is 5.02 Å². The van der Waals surface area contributed by atoms with E-state index in [0.717, 1.165) is 32.4 Å². The van der Waals surface area contributed by atoms with E-state index >= 15 is 0 Å². The number of carbonyl (C=O) groups excluding carboxylic acids is 1. The summed E-state index contributed by atoms with van der Waals surface area (Å²) in [4.78, 5) is 29.1. The summed E-state index contributed by atoms with van der Waals surface area (Å²) >= 11 is 7.93. The van der Waals surface area contributed by atoms with Gasteiger partial charge in [0.2, 0.25) is 5.89 Å². The quantitative estimate of drug-likeness (QED) is 0.309. The molecule has 10 heteroatoms. The standard InChI is InChI=1S/C28H27ClN6O2S/c1-16(36)22-25(35-12-9-28(10-13-35)15-17-5-2-3-6-18(17)23(28)30)34-24(31)27(33-22)38-20-8-4-7-19(21(20)29)26-32-11-14-37-26/h2-8,11,14,23H,9-10,12-13,15,30H2,1H3,(H2,31,34)/t23-/m1/s1. The molecule has 2 aromatic heterocycles. The first-order valence-electron chi connectivity index (χ1n) is 12.5. The Morgan fingerprint density at radius 3 is 2.66 bits per heavy atom. The third-order valence-corrected chi connectivity index (χ3v) is 9.26. The van der Waals surface area contributed by atoms with E-state index in [4.69, 9.17) is 27.5 Å². The van der Waals surface area contributed by atoms with Gasteiger partial charge in [-0.05, 0) is 47.9 Å². The third kappa shape index (κ3) is 4.24. The molecule has 1 saturated heterocycles. The van der Waals surface area contributed by atoms with Crippen LogP contribution in [0.1, 0.15) is 47.4 Å². The van der Waals surface area contributed by atoms with Crippen molar-refractivity contribution in [3.8, 4) is 11.5 Å². The second-order valence-electron chi connectivity index (χ2n) is 9.90. The largest absolute Gasteiger partial charge is 0.444 e. The molecule has 4 N–H and O–H groups in total. The first kappa shape index (κ1) is 24.9. The summed E-state index contributed by atoms with van der Waals surface area (Å²) in [5, 5.41) is 0.886. The average molecular weight is 547 g/mol. The molecule has 1 fully saturated rings. The Labute approximate surface area is 229 Å². The molecule has 6 rings (SSSR count). The number of oxazole rings is 1. The van der Waals surface area contributed by atoms with Crippen molar-refractivity contribution in [3.05, 3.63) is 76.8 Å². The number of nitrogen functional groups attached to an aromatic ring is 1. The number of fused-ring (bicyclic) bond motifs is 1. The normalized spacial score (nSPS) is 18.1. The molecule has 38 heavy (non-hydrogen) atoms. The van der Waals surface area contributed by atoms with Gasteiger partial charge >= 0.3 is 0 Å². The SMILES string of the molecule is CC(=O)c1nc(Sc2cccc(-c3ncco3)c2Cl)c(N)nc1N1CCC2(CC1)Cc1ccccc1[C@H]2N. The second kappa shape index (κ2) is 9.72. The van der Waals surface area contributed by atoms with E-state index in [1.54, 1.807) is 6.20 Å². The number of ketones is 1. The lowest BCUT2D eigenvalue weighted by atomic mass is 9.73. The van der Waals surface area contributed by atoms with Gasteiger partial charge in [0.1, 0.15) is 17.0 Å². The molecule has 2 aromatic carbocycles. The van der Waals surface area contributed by atoms with Crippen molar-refractivity contribution in [2.24, 2.45) is 11.1 Å². The summed E-state index contributed by atoms with van der Waals surface area (Å²) in [5.41, 5.74) is 16.7. The van der Waals surface area contributed by atoms with Crippen molar-refractivity contribution in [1.29, 1.82) is 0 Å². The van der Waals surface area contributed by atoms with E-state index < -0.39 is 0 Å². The van der Waals surface area contributed by atoms with Crippen LogP contribution in [0.5, 0.6) is 0 Å². The van der Waals surface area contributed by atoms with Crippen molar-refractivity contribution in [3.63, 3.8) is 0 Å². The number of nitrogens with zero attached hydrogens (tertiary/aromatic N) is 4. The number of Topliss-reactive ketones (excluding diaryl/α,β-unsaturated/α-hetero) is 1. The molecule has 0 radical (unpaired) electrons. The van der Waals surface area contributed by atoms with E-state index in [0.29, 0.717) is 37.9 Å². The first-order chi connectivity index (χ1) is 18.4. The molecule has 0 unspecified atom stereocenters. The van der Waals surface area contributed by atoms with Gasteiger partial charge in [-0.1, -0.05) is 53.7 Å². The number of benzene rings is 2. The van der Waals surface area contributed by atoms with Gasteiger partial charge < -0.3 is 20.8 Å². The van der Waals surface area contributed by atoms with Gasteiger partial charge in [-0.25, -0.2) is 15.0 Å². The van der Waals surface area contributed by atoms with Crippen LogP contribution in [0.4, 0.5) is 11.6 Å². The van der Waals surface area contributed by atoms with Crippen LogP contribution in [0.15, 0.2) is 69.3 Å². The lowest BCUT2D eigenvalue weighted by Gasteiger charge is -2.42. The predicted octanol–water partition coefficient (Wildman–Crippen LogP) is 5.56. The van der Waals surface area contributed by atoms with Crippen molar-refractivity contribution in [2.75, 3.05) is 23.7 Å². The lowest BCUT2D eigenvalue weighted by molar-refractivity contribution is 0.101. The van der Waals surface area contributed by atoms with Crippen molar-refractivity contribution in [1.82, 2.24) is 15.0 Å². The van der Waals surface area contributed by atoms with Gasteiger partial charge in [-0.15, -0.1) is 0 Å². The van der Waals surface area contributed by atoms with Gasteiger partial charge in [-0.3, -0.25) is 4.79 Å². The number of rotatable bonds is 5. The Morgan fingerprint density at radius 2 is 1.95 bits per heavy atom. The highest BCUT2D eigenvalue weighted by atomic mass is 35.5. The van der Waals surface area contributed by atoms with Gasteiger partial charge in [0.25, 0.3) is 0 Å². The smallest absolute Gasteiger partial charge is 0.227 e. The highest BCUT2D eigenvalue weighted by molar-refractivity contribution is 7.99. The predicted molar refractivity (Wildman–Crippen MR) is 148 cm³/mol. The van der Waals surface area contributed by atoms with Crippen LogP contribution in [-0.4, -0.2) is 33.8 Å². The van der Waals surface area contributed by atoms with E-state index in [2.05, 4.69) is 44.1 Å². The van der Waals surface area contributed by atoms with E-state index in [1.165, 1.54) is 36.1 Å². The molecule has 194 valence electrons. The van der Waals surface area contributed by atoms with Crippen LogP contribution in [-0.2, 0) is 6.42 Å². The summed E-state index contributed by atoms with van der Waals surface area (Å²) < 4.78 is 5.41. The molecular weight excluding hydrogens is 520 g/mol. The number of hydrogen-bond donors (Lipinski definition) is 2. The van der Waals surface area contributed by atoms with Crippen molar-refractivity contribution < 1.29 is 9.21 Å². The summed E-state index contributed by atoms with van der Waals surface area (Å²) in [5.74, 6) is 1.03. The van der Waals surface area contributed by atoms with E-state index in [-0.39, 0.29) is 23.1 Å². The Bertz CT molecular complexity index is 1520. The first-order valence-corrected chi connectivity index (χ1v) is 13.7. The van der Waals surface area contributed by atoms with Crippen molar-refractivity contribution in [2.45, 2.75) is 42.1 Å². The molecule has 3 heterocycles. The highest BCUT2D eigenvalue weighted by Crippen LogP contribution is 2.51. The summed E-state index contributed by atoms with van der Waals surface area (Å²) in [7, 11) is 0. The van der Waals surface area contributed by atoms with Gasteiger partial charge in [-0.2, -0.15) is 0 Å². The van der Waals surface area contributed by atoms with E-state index in [9.17, 15) is 4.79 Å². The summed E-state index contributed by atoms with van der Waals surface area (Å²) in [6, 6.07) is 14.0. The summed E-state index contributed by atoms with van der Waals surface area (Å²) in [6.45, 7) is 2.96. The minimum Gasteiger partial charge on any atom is -0.444 e. The van der Waals surface area contributed by atoms with Crippen molar-refractivity contribution >= 4 is 40.8 Å². The summed E-state index contributed by atoms with van der Waals surface area (Å²) in [6.07, 6.45) is 5.85. The fourth-order valence-corrected chi connectivity index (χ4v) is 6.80. The monoisotopic (exact) mass is 546 g/mol. The zero-order valence-electron chi connectivity index (χ0n) is 20.9.